The Hall–Kier alpha value is -2.04. The van der Waals surface area contributed by atoms with Gasteiger partial charge >= 0.3 is 0 Å². The lowest BCUT2D eigenvalue weighted by Crippen LogP contribution is -2.30. The highest BCUT2D eigenvalue weighted by Gasteiger charge is 2.29. The summed E-state index contributed by atoms with van der Waals surface area (Å²) in [5.74, 6) is -0.639. The first-order chi connectivity index (χ1) is 9.49. The van der Waals surface area contributed by atoms with Crippen molar-refractivity contribution in [1.82, 2.24) is 0 Å². The van der Waals surface area contributed by atoms with Crippen molar-refractivity contribution >= 4 is 0 Å². The van der Waals surface area contributed by atoms with Crippen LogP contribution in [-0.2, 0) is 5.79 Å². The fraction of sp³-hybridized carbons (Fsp3) is 0.250. The van der Waals surface area contributed by atoms with Crippen molar-refractivity contribution < 1.29 is 19.7 Å². The third-order valence-electron chi connectivity index (χ3n) is 2.74. The molecule has 0 saturated heterocycles. The molecule has 2 N–H and O–H groups in total. The average Bonchev–Trinajstić information content (AvgIpc) is 2.39. The first-order valence-corrected chi connectivity index (χ1v) is 6.40. The van der Waals surface area contributed by atoms with Crippen molar-refractivity contribution in [3.8, 4) is 11.5 Å². The highest BCUT2D eigenvalue weighted by Crippen LogP contribution is 2.32. The molecule has 2 aromatic carbocycles. The van der Waals surface area contributed by atoms with Crippen LogP contribution >= 0.6 is 0 Å². The smallest absolute Gasteiger partial charge is 0.235 e. The molecule has 4 heteroatoms. The molecule has 0 radical (unpaired) electrons. The largest absolute Gasteiger partial charge is 0.465 e. The van der Waals surface area contributed by atoms with Crippen molar-refractivity contribution in [3.63, 3.8) is 0 Å². The normalized spacial score (nSPS) is 15.2. The van der Waals surface area contributed by atoms with E-state index in [-0.39, 0.29) is 0 Å². The van der Waals surface area contributed by atoms with Gasteiger partial charge in [-0.3, -0.25) is 0 Å². The van der Waals surface area contributed by atoms with E-state index in [1.165, 1.54) is 13.8 Å². The van der Waals surface area contributed by atoms with Crippen LogP contribution in [0.4, 0.5) is 0 Å². The predicted molar refractivity (Wildman–Crippen MR) is 75.4 cm³/mol. The maximum Gasteiger partial charge on any atom is 0.235 e. The van der Waals surface area contributed by atoms with E-state index in [4.69, 9.17) is 9.47 Å². The topological polar surface area (TPSA) is 58.9 Å². The van der Waals surface area contributed by atoms with E-state index in [0.717, 1.165) is 0 Å². The lowest BCUT2D eigenvalue weighted by molar-refractivity contribution is -0.132. The second-order valence-corrected chi connectivity index (χ2v) is 4.61. The molecule has 0 bridgehead atoms. The van der Waals surface area contributed by atoms with Crippen LogP contribution in [0.2, 0.25) is 0 Å². The molecule has 0 fully saturated rings. The molecule has 106 valence electrons. The number of para-hydroxylation sites is 2. The van der Waals surface area contributed by atoms with E-state index in [0.29, 0.717) is 17.1 Å². The minimum absolute atomic E-state index is 0.378. The Morgan fingerprint density at radius 1 is 1.00 bits per heavy atom. The number of benzene rings is 2. The Morgan fingerprint density at radius 3 is 2.25 bits per heavy atom. The zero-order valence-electron chi connectivity index (χ0n) is 11.5. The molecule has 0 amide bonds. The molecule has 2 aromatic rings. The summed E-state index contributed by atoms with van der Waals surface area (Å²) in [6, 6.07) is 15.9. The number of hydrogen-bond acceptors (Lipinski definition) is 4. The van der Waals surface area contributed by atoms with E-state index in [9.17, 15) is 10.2 Å². The molecule has 0 aromatic heterocycles. The summed E-state index contributed by atoms with van der Waals surface area (Å²) in [4.78, 5) is 0. The molecule has 0 saturated carbocycles. The molecule has 4 nitrogen and oxygen atoms in total. The lowest BCUT2D eigenvalue weighted by atomic mass is 10.1. The Kier molecular flexibility index (Phi) is 4.27. The van der Waals surface area contributed by atoms with Gasteiger partial charge in [0.25, 0.3) is 0 Å². The number of aliphatic hydroxyl groups excluding tert-OH is 1. The first-order valence-electron chi connectivity index (χ1n) is 6.40. The summed E-state index contributed by atoms with van der Waals surface area (Å²) < 4.78 is 10.9. The SMILES string of the molecule is CC(O)Oc1ccccc1C(C)(O)Oc1ccccc1. The van der Waals surface area contributed by atoms with Gasteiger partial charge in [-0.15, -0.1) is 0 Å². The lowest BCUT2D eigenvalue weighted by Gasteiger charge is -2.27. The molecule has 0 aliphatic rings. The van der Waals surface area contributed by atoms with Crippen LogP contribution in [0.25, 0.3) is 0 Å². The van der Waals surface area contributed by atoms with Gasteiger partial charge in [-0.1, -0.05) is 30.3 Å². The Morgan fingerprint density at radius 2 is 1.60 bits per heavy atom. The quantitative estimate of drug-likeness (QED) is 0.823. The Balaban J connectivity index is 2.29. The number of ether oxygens (including phenoxy) is 2. The van der Waals surface area contributed by atoms with Gasteiger partial charge in [0, 0.05) is 6.92 Å². The van der Waals surface area contributed by atoms with Crippen LogP contribution in [0, 0.1) is 0 Å². The van der Waals surface area contributed by atoms with Crippen LogP contribution in [0.5, 0.6) is 11.5 Å². The summed E-state index contributed by atoms with van der Waals surface area (Å²) >= 11 is 0. The third kappa shape index (κ3) is 3.50. The van der Waals surface area contributed by atoms with Gasteiger partial charge in [0.05, 0.1) is 5.56 Å². The monoisotopic (exact) mass is 274 g/mol. The maximum atomic E-state index is 10.5. The molecule has 0 aliphatic carbocycles. The fourth-order valence-electron chi connectivity index (χ4n) is 1.91. The highest BCUT2D eigenvalue weighted by molar-refractivity contribution is 5.37. The molecular formula is C16H18O4. The van der Waals surface area contributed by atoms with Gasteiger partial charge in [0.15, 0.2) is 6.29 Å². The van der Waals surface area contributed by atoms with Gasteiger partial charge in [-0.05, 0) is 31.2 Å². The van der Waals surface area contributed by atoms with Crippen molar-refractivity contribution in [2.45, 2.75) is 25.9 Å². The Bertz CT molecular complexity index is 549. The molecule has 2 rings (SSSR count). The molecular weight excluding hydrogens is 256 g/mol. The van der Waals surface area contributed by atoms with Crippen molar-refractivity contribution in [3.05, 3.63) is 60.2 Å². The van der Waals surface area contributed by atoms with Crippen LogP contribution in [-0.4, -0.2) is 16.5 Å². The molecule has 0 spiro atoms. The number of rotatable bonds is 5. The number of aliphatic hydroxyl groups is 2. The van der Waals surface area contributed by atoms with Gasteiger partial charge in [0.1, 0.15) is 11.5 Å². The minimum atomic E-state index is -1.56. The third-order valence-corrected chi connectivity index (χ3v) is 2.74. The summed E-state index contributed by atoms with van der Waals surface area (Å²) in [5, 5.41) is 19.9. The molecule has 20 heavy (non-hydrogen) atoms. The van der Waals surface area contributed by atoms with E-state index < -0.39 is 12.1 Å². The predicted octanol–water partition coefficient (Wildman–Crippen LogP) is 2.65. The summed E-state index contributed by atoms with van der Waals surface area (Å²) in [6.07, 6.45) is -0.969. The van der Waals surface area contributed by atoms with Gasteiger partial charge in [-0.2, -0.15) is 0 Å². The summed E-state index contributed by atoms with van der Waals surface area (Å²) in [6.45, 7) is 3.04. The minimum Gasteiger partial charge on any atom is -0.465 e. The molecule has 2 unspecified atom stereocenters. The molecule has 0 heterocycles. The van der Waals surface area contributed by atoms with E-state index in [2.05, 4.69) is 0 Å². The number of hydrogen-bond donors (Lipinski definition) is 2. The van der Waals surface area contributed by atoms with Crippen molar-refractivity contribution in [1.29, 1.82) is 0 Å². The average molecular weight is 274 g/mol. The first kappa shape index (κ1) is 14.4. The van der Waals surface area contributed by atoms with Crippen molar-refractivity contribution in [2.75, 3.05) is 0 Å². The zero-order valence-corrected chi connectivity index (χ0v) is 11.5. The second-order valence-electron chi connectivity index (χ2n) is 4.61. The van der Waals surface area contributed by atoms with E-state index >= 15 is 0 Å². The van der Waals surface area contributed by atoms with Crippen LogP contribution in [0.3, 0.4) is 0 Å². The summed E-state index contributed by atoms with van der Waals surface area (Å²) in [5.41, 5.74) is 0.449. The van der Waals surface area contributed by atoms with Gasteiger partial charge < -0.3 is 19.7 Å². The maximum absolute atomic E-state index is 10.5. The highest BCUT2D eigenvalue weighted by atomic mass is 16.6. The van der Waals surface area contributed by atoms with E-state index in [1.54, 1.807) is 36.4 Å². The summed E-state index contributed by atoms with van der Waals surface area (Å²) in [7, 11) is 0. The van der Waals surface area contributed by atoms with Crippen LogP contribution < -0.4 is 9.47 Å². The molecule has 0 aliphatic heterocycles. The fourth-order valence-corrected chi connectivity index (χ4v) is 1.91. The van der Waals surface area contributed by atoms with Crippen LogP contribution in [0.15, 0.2) is 54.6 Å². The Labute approximate surface area is 118 Å². The van der Waals surface area contributed by atoms with Crippen molar-refractivity contribution in [2.24, 2.45) is 0 Å². The standard InChI is InChI=1S/C16H18O4/c1-12(17)19-15-11-7-6-10-14(15)16(2,18)20-13-8-4-3-5-9-13/h3-12,17-18H,1-2H3. The van der Waals surface area contributed by atoms with E-state index in [1.807, 2.05) is 18.2 Å². The van der Waals surface area contributed by atoms with Crippen LogP contribution in [0.1, 0.15) is 19.4 Å². The molecule has 2 atom stereocenters. The zero-order chi connectivity index (χ0) is 14.6. The van der Waals surface area contributed by atoms with Gasteiger partial charge in [0.2, 0.25) is 5.79 Å². The van der Waals surface area contributed by atoms with Gasteiger partial charge in [-0.25, -0.2) is 0 Å². The second kappa shape index (κ2) is 5.94.